The van der Waals surface area contributed by atoms with Crippen molar-refractivity contribution in [3.63, 3.8) is 0 Å². The first-order chi connectivity index (χ1) is 7.52. The Labute approximate surface area is 96.3 Å². The molecule has 0 spiro atoms. The van der Waals surface area contributed by atoms with Crippen LogP contribution in [0.15, 0.2) is 18.2 Å². The zero-order valence-electron chi connectivity index (χ0n) is 9.92. The molecule has 0 heterocycles. The molecule has 1 N–H and O–H groups in total. The number of carboxylic acid groups (broad SMARTS) is 1. The van der Waals surface area contributed by atoms with Crippen LogP contribution < -0.4 is 0 Å². The third kappa shape index (κ3) is 2.26. The Bertz CT molecular complexity index is 396. The summed E-state index contributed by atoms with van der Waals surface area (Å²) in [4.78, 5) is 10.8. The molecule has 0 amide bonds. The molecule has 1 aliphatic carbocycles. The summed E-state index contributed by atoms with van der Waals surface area (Å²) in [5, 5.41) is 8.91. The van der Waals surface area contributed by atoms with E-state index < -0.39 is 5.97 Å². The van der Waals surface area contributed by atoms with E-state index in [4.69, 9.17) is 5.11 Å². The van der Waals surface area contributed by atoms with Gasteiger partial charge in [-0.15, -0.1) is 0 Å². The summed E-state index contributed by atoms with van der Waals surface area (Å²) in [6.45, 7) is 4.22. The standard InChI is InChI=1S/C14H18O2/c1-10-4-3-5-11(2)12(10)8-14(6-7-14)9-13(15)16/h3-5H,6-9H2,1-2H3,(H,15,16). The van der Waals surface area contributed by atoms with Crippen LogP contribution in [0.2, 0.25) is 0 Å². The molecule has 1 aromatic carbocycles. The molecule has 1 aromatic rings. The molecule has 0 radical (unpaired) electrons. The number of hydrogen-bond donors (Lipinski definition) is 1. The highest BCUT2D eigenvalue weighted by Gasteiger charge is 2.44. The fourth-order valence-corrected chi connectivity index (χ4v) is 2.42. The molecular weight excluding hydrogens is 200 g/mol. The number of benzene rings is 1. The van der Waals surface area contributed by atoms with E-state index in [0.717, 1.165) is 19.3 Å². The Morgan fingerprint density at radius 1 is 1.31 bits per heavy atom. The molecule has 0 atom stereocenters. The van der Waals surface area contributed by atoms with E-state index in [2.05, 4.69) is 32.0 Å². The van der Waals surface area contributed by atoms with Gasteiger partial charge in [-0.25, -0.2) is 0 Å². The Balaban J connectivity index is 2.18. The van der Waals surface area contributed by atoms with Crippen LogP contribution >= 0.6 is 0 Å². The molecule has 0 aliphatic heterocycles. The number of rotatable bonds is 4. The van der Waals surface area contributed by atoms with E-state index in [1.165, 1.54) is 16.7 Å². The zero-order valence-corrected chi connectivity index (χ0v) is 9.92. The maximum Gasteiger partial charge on any atom is 0.303 e. The largest absolute Gasteiger partial charge is 0.481 e. The number of carboxylic acids is 1. The van der Waals surface area contributed by atoms with Gasteiger partial charge in [0.1, 0.15) is 0 Å². The quantitative estimate of drug-likeness (QED) is 0.843. The van der Waals surface area contributed by atoms with Crippen molar-refractivity contribution < 1.29 is 9.90 Å². The zero-order chi connectivity index (χ0) is 11.8. The summed E-state index contributed by atoms with van der Waals surface area (Å²) in [5.41, 5.74) is 3.98. The van der Waals surface area contributed by atoms with Gasteiger partial charge in [0.2, 0.25) is 0 Å². The second-order valence-electron chi connectivity index (χ2n) is 5.12. The average Bonchev–Trinajstić information content (AvgIpc) is 2.91. The Morgan fingerprint density at radius 3 is 2.31 bits per heavy atom. The molecule has 1 saturated carbocycles. The molecule has 1 aliphatic rings. The van der Waals surface area contributed by atoms with Gasteiger partial charge < -0.3 is 5.11 Å². The molecule has 16 heavy (non-hydrogen) atoms. The van der Waals surface area contributed by atoms with E-state index in [1.807, 2.05) is 0 Å². The minimum atomic E-state index is -0.663. The van der Waals surface area contributed by atoms with Crippen molar-refractivity contribution in [2.45, 2.75) is 39.5 Å². The summed E-state index contributed by atoms with van der Waals surface area (Å²) in [7, 11) is 0. The molecule has 2 heteroatoms. The predicted octanol–water partition coefficient (Wildman–Crippen LogP) is 3.10. The average molecular weight is 218 g/mol. The molecule has 1 fully saturated rings. The highest BCUT2D eigenvalue weighted by molar-refractivity contribution is 5.68. The third-order valence-corrected chi connectivity index (χ3v) is 3.68. The van der Waals surface area contributed by atoms with Gasteiger partial charge in [0.05, 0.1) is 6.42 Å². The van der Waals surface area contributed by atoms with Crippen LogP contribution in [0.1, 0.15) is 36.0 Å². The van der Waals surface area contributed by atoms with Crippen molar-refractivity contribution in [2.75, 3.05) is 0 Å². The second kappa shape index (κ2) is 3.93. The van der Waals surface area contributed by atoms with Crippen LogP contribution in [0.4, 0.5) is 0 Å². The van der Waals surface area contributed by atoms with Crippen LogP contribution in [-0.4, -0.2) is 11.1 Å². The van der Waals surface area contributed by atoms with Crippen molar-refractivity contribution in [1.82, 2.24) is 0 Å². The van der Waals surface area contributed by atoms with Crippen molar-refractivity contribution in [3.05, 3.63) is 34.9 Å². The van der Waals surface area contributed by atoms with Crippen LogP contribution in [-0.2, 0) is 11.2 Å². The lowest BCUT2D eigenvalue weighted by Crippen LogP contribution is -2.13. The maximum absolute atomic E-state index is 10.8. The topological polar surface area (TPSA) is 37.3 Å². The lowest BCUT2D eigenvalue weighted by molar-refractivity contribution is -0.138. The minimum absolute atomic E-state index is 0.0582. The summed E-state index contributed by atoms with van der Waals surface area (Å²) in [6.07, 6.45) is 3.37. The van der Waals surface area contributed by atoms with Crippen LogP contribution in [0, 0.1) is 19.3 Å². The maximum atomic E-state index is 10.8. The number of aryl methyl sites for hydroxylation is 2. The Kier molecular flexibility index (Phi) is 2.75. The second-order valence-corrected chi connectivity index (χ2v) is 5.12. The molecule has 86 valence electrons. The van der Waals surface area contributed by atoms with Gasteiger partial charge in [-0.1, -0.05) is 18.2 Å². The van der Waals surface area contributed by atoms with Gasteiger partial charge >= 0.3 is 5.97 Å². The molecule has 0 aromatic heterocycles. The molecule has 0 unspecified atom stereocenters. The van der Waals surface area contributed by atoms with Crippen molar-refractivity contribution in [1.29, 1.82) is 0 Å². The first-order valence-corrected chi connectivity index (χ1v) is 5.79. The highest BCUT2D eigenvalue weighted by atomic mass is 16.4. The van der Waals surface area contributed by atoms with Gasteiger partial charge in [-0.2, -0.15) is 0 Å². The van der Waals surface area contributed by atoms with Crippen molar-refractivity contribution in [3.8, 4) is 0 Å². The van der Waals surface area contributed by atoms with E-state index in [0.29, 0.717) is 6.42 Å². The normalized spacial score (nSPS) is 17.1. The monoisotopic (exact) mass is 218 g/mol. The summed E-state index contributed by atoms with van der Waals surface area (Å²) in [5.74, 6) is -0.663. The van der Waals surface area contributed by atoms with Gasteiger partial charge in [0.25, 0.3) is 0 Å². The molecule has 0 bridgehead atoms. The van der Waals surface area contributed by atoms with Crippen LogP contribution in [0.25, 0.3) is 0 Å². The van der Waals surface area contributed by atoms with E-state index in [9.17, 15) is 4.79 Å². The molecule has 2 nitrogen and oxygen atoms in total. The van der Waals surface area contributed by atoms with E-state index >= 15 is 0 Å². The Morgan fingerprint density at radius 2 is 1.88 bits per heavy atom. The van der Waals surface area contributed by atoms with Gasteiger partial charge in [-0.3, -0.25) is 4.79 Å². The first-order valence-electron chi connectivity index (χ1n) is 5.79. The first kappa shape index (κ1) is 11.2. The SMILES string of the molecule is Cc1cccc(C)c1CC1(CC(=O)O)CC1. The predicted molar refractivity (Wildman–Crippen MR) is 63.5 cm³/mol. The lowest BCUT2D eigenvalue weighted by atomic mass is 9.88. The minimum Gasteiger partial charge on any atom is -0.481 e. The summed E-state index contributed by atoms with van der Waals surface area (Å²) < 4.78 is 0. The fourth-order valence-electron chi connectivity index (χ4n) is 2.42. The third-order valence-electron chi connectivity index (χ3n) is 3.68. The van der Waals surface area contributed by atoms with Gasteiger partial charge in [0.15, 0.2) is 0 Å². The van der Waals surface area contributed by atoms with Crippen molar-refractivity contribution >= 4 is 5.97 Å². The number of hydrogen-bond acceptors (Lipinski definition) is 1. The smallest absolute Gasteiger partial charge is 0.303 e. The van der Waals surface area contributed by atoms with Gasteiger partial charge in [0, 0.05) is 0 Å². The fraction of sp³-hybridized carbons (Fsp3) is 0.500. The van der Waals surface area contributed by atoms with Crippen LogP contribution in [0.5, 0.6) is 0 Å². The van der Waals surface area contributed by atoms with Crippen LogP contribution in [0.3, 0.4) is 0 Å². The number of carbonyl (C=O) groups is 1. The van der Waals surface area contributed by atoms with E-state index in [-0.39, 0.29) is 5.41 Å². The molecule has 0 saturated heterocycles. The molecular formula is C14H18O2. The molecule has 2 rings (SSSR count). The van der Waals surface area contributed by atoms with Crippen molar-refractivity contribution in [2.24, 2.45) is 5.41 Å². The lowest BCUT2D eigenvalue weighted by Gasteiger charge is -2.16. The number of aliphatic carboxylic acids is 1. The highest BCUT2D eigenvalue weighted by Crippen LogP contribution is 2.51. The van der Waals surface area contributed by atoms with E-state index in [1.54, 1.807) is 0 Å². The summed E-state index contributed by atoms with van der Waals surface area (Å²) >= 11 is 0. The Hall–Kier alpha value is -1.31. The van der Waals surface area contributed by atoms with Gasteiger partial charge in [-0.05, 0) is 55.2 Å². The summed E-state index contributed by atoms with van der Waals surface area (Å²) in [6, 6.07) is 6.28.